The van der Waals surface area contributed by atoms with Crippen molar-refractivity contribution in [1.29, 1.82) is 0 Å². The van der Waals surface area contributed by atoms with Crippen LogP contribution >= 0.6 is 0 Å². The molecule has 0 rings (SSSR count). The molecule has 0 aliphatic carbocycles. The molecule has 0 heterocycles. The Labute approximate surface area is 114 Å². The van der Waals surface area contributed by atoms with Crippen molar-refractivity contribution in [2.24, 2.45) is 5.41 Å². The smallest absolute Gasteiger partial charge is 0.0443 e. The molecule has 3 heteroatoms. The van der Waals surface area contributed by atoms with Crippen LogP contribution in [0.15, 0.2) is 0 Å². The Morgan fingerprint density at radius 1 is 1.11 bits per heavy atom. The Balaban J connectivity index is 4.34. The quantitative estimate of drug-likeness (QED) is 0.667. The highest BCUT2D eigenvalue weighted by Gasteiger charge is 2.26. The van der Waals surface area contributed by atoms with Gasteiger partial charge in [0.15, 0.2) is 0 Å². The molecular formula is C15H34N2O. The van der Waals surface area contributed by atoms with E-state index in [-0.39, 0.29) is 5.54 Å². The molecule has 1 atom stereocenters. The van der Waals surface area contributed by atoms with Gasteiger partial charge < -0.3 is 15.3 Å². The minimum atomic E-state index is 0.179. The number of nitrogens with zero attached hydrogens (tertiary/aromatic N) is 1. The lowest BCUT2D eigenvalue weighted by Gasteiger charge is -2.37. The molecule has 18 heavy (non-hydrogen) atoms. The summed E-state index contributed by atoms with van der Waals surface area (Å²) in [6.07, 6.45) is 2.05. The predicted octanol–water partition coefficient (Wildman–Crippen LogP) is 2.50. The van der Waals surface area contributed by atoms with Gasteiger partial charge in [-0.1, -0.05) is 20.8 Å². The van der Waals surface area contributed by atoms with Crippen molar-refractivity contribution in [3.8, 4) is 0 Å². The van der Waals surface area contributed by atoms with Crippen molar-refractivity contribution in [3.63, 3.8) is 0 Å². The summed E-state index contributed by atoms with van der Waals surface area (Å²) in [6, 6.07) is 0. The summed E-state index contributed by atoms with van der Waals surface area (Å²) < 4.78 is 0. The van der Waals surface area contributed by atoms with Crippen LogP contribution in [0.4, 0.5) is 0 Å². The molecular weight excluding hydrogens is 224 g/mol. The normalized spacial score (nSPS) is 16.0. The van der Waals surface area contributed by atoms with E-state index in [9.17, 15) is 0 Å². The molecule has 3 nitrogen and oxygen atoms in total. The van der Waals surface area contributed by atoms with Crippen LogP contribution in [-0.2, 0) is 0 Å². The van der Waals surface area contributed by atoms with Crippen LogP contribution in [0.25, 0.3) is 0 Å². The first-order valence-corrected chi connectivity index (χ1v) is 7.34. The van der Waals surface area contributed by atoms with E-state index in [1.165, 1.54) is 6.42 Å². The van der Waals surface area contributed by atoms with E-state index in [4.69, 9.17) is 5.11 Å². The Hall–Kier alpha value is -0.120. The molecule has 0 aromatic carbocycles. The van der Waals surface area contributed by atoms with E-state index in [1.54, 1.807) is 0 Å². The third kappa shape index (κ3) is 8.06. The van der Waals surface area contributed by atoms with Crippen LogP contribution in [0.2, 0.25) is 0 Å². The monoisotopic (exact) mass is 258 g/mol. The van der Waals surface area contributed by atoms with Crippen molar-refractivity contribution >= 4 is 0 Å². The molecule has 110 valence electrons. The largest absolute Gasteiger partial charge is 0.396 e. The zero-order valence-corrected chi connectivity index (χ0v) is 13.3. The standard InChI is InChI=1S/C15H34N2O/c1-7-15(6,12-16-14(3,4)5)13-17(8-2)10-9-11-18/h16,18H,7-13H2,1-6H3. The van der Waals surface area contributed by atoms with Gasteiger partial charge in [0.2, 0.25) is 0 Å². The Morgan fingerprint density at radius 3 is 2.11 bits per heavy atom. The lowest BCUT2D eigenvalue weighted by atomic mass is 9.85. The van der Waals surface area contributed by atoms with Crippen LogP contribution in [0.1, 0.15) is 54.4 Å². The van der Waals surface area contributed by atoms with Gasteiger partial charge in [-0.2, -0.15) is 0 Å². The second kappa shape index (κ2) is 8.13. The fourth-order valence-corrected chi connectivity index (χ4v) is 1.95. The van der Waals surface area contributed by atoms with Gasteiger partial charge in [0.05, 0.1) is 0 Å². The van der Waals surface area contributed by atoms with E-state index in [1.807, 2.05) is 0 Å². The summed E-state index contributed by atoms with van der Waals surface area (Å²) in [5, 5.41) is 12.6. The van der Waals surface area contributed by atoms with Gasteiger partial charge in [-0.25, -0.2) is 0 Å². The van der Waals surface area contributed by atoms with Gasteiger partial charge in [0.25, 0.3) is 0 Å². The molecule has 0 spiro atoms. The maximum atomic E-state index is 8.94. The zero-order chi connectivity index (χ0) is 14.2. The first-order chi connectivity index (χ1) is 8.26. The molecule has 0 saturated heterocycles. The van der Waals surface area contributed by atoms with Gasteiger partial charge in [-0.15, -0.1) is 0 Å². The van der Waals surface area contributed by atoms with Crippen LogP contribution < -0.4 is 5.32 Å². The topological polar surface area (TPSA) is 35.5 Å². The first kappa shape index (κ1) is 17.9. The van der Waals surface area contributed by atoms with Crippen LogP contribution in [0.3, 0.4) is 0 Å². The third-order valence-electron chi connectivity index (χ3n) is 3.58. The van der Waals surface area contributed by atoms with E-state index in [0.717, 1.165) is 32.6 Å². The van der Waals surface area contributed by atoms with Crippen molar-refractivity contribution in [2.45, 2.75) is 59.9 Å². The van der Waals surface area contributed by atoms with E-state index < -0.39 is 0 Å². The number of hydrogen-bond donors (Lipinski definition) is 2. The zero-order valence-electron chi connectivity index (χ0n) is 13.3. The average molecular weight is 258 g/mol. The molecule has 0 fully saturated rings. The summed E-state index contributed by atoms with van der Waals surface area (Å²) in [6.45, 7) is 18.0. The maximum absolute atomic E-state index is 8.94. The van der Waals surface area contributed by atoms with Crippen molar-refractivity contribution in [2.75, 3.05) is 32.8 Å². The fraction of sp³-hybridized carbons (Fsp3) is 1.00. The number of nitrogens with one attached hydrogen (secondary N) is 1. The highest BCUT2D eigenvalue weighted by atomic mass is 16.3. The van der Waals surface area contributed by atoms with Crippen LogP contribution in [-0.4, -0.2) is 48.3 Å². The number of hydrogen-bond acceptors (Lipinski definition) is 3. The van der Waals surface area contributed by atoms with Gasteiger partial charge in [-0.3, -0.25) is 0 Å². The molecule has 0 aromatic rings. The van der Waals surface area contributed by atoms with Gasteiger partial charge in [0.1, 0.15) is 0 Å². The van der Waals surface area contributed by atoms with Gasteiger partial charge in [-0.05, 0) is 45.6 Å². The van der Waals surface area contributed by atoms with Gasteiger partial charge in [0, 0.05) is 31.8 Å². The SMILES string of the molecule is CCN(CCCO)CC(C)(CC)CNC(C)(C)C. The van der Waals surface area contributed by atoms with E-state index >= 15 is 0 Å². The van der Waals surface area contributed by atoms with Crippen LogP contribution in [0, 0.1) is 5.41 Å². The second-order valence-electron chi connectivity index (χ2n) is 6.71. The van der Waals surface area contributed by atoms with Gasteiger partial charge >= 0.3 is 0 Å². The minimum absolute atomic E-state index is 0.179. The third-order valence-corrected chi connectivity index (χ3v) is 3.58. The molecule has 0 amide bonds. The highest BCUT2D eigenvalue weighted by molar-refractivity contribution is 4.83. The second-order valence-corrected chi connectivity index (χ2v) is 6.71. The van der Waals surface area contributed by atoms with Crippen molar-refractivity contribution < 1.29 is 5.11 Å². The molecule has 0 bridgehead atoms. The number of rotatable bonds is 9. The summed E-state index contributed by atoms with van der Waals surface area (Å²) in [4.78, 5) is 2.45. The van der Waals surface area contributed by atoms with E-state index in [2.05, 4.69) is 51.8 Å². The predicted molar refractivity (Wildman–Crippen MR) is 80.0 cm³/mol. The molecule has 0 aliphatic rings. The van der Waals surface area contributed by atoms with Crippen molar-refractivity contribution in [3.05, 3.63) is 0 Å². The number of aliphatic hydroxyl groups is 1. The van der Waals surface area contributed by atoms with Crippen molar-refractivity contribution in [1.82, 2.24) is 10.2 Å². The Bertz CT molecular complexity index is 213. The summed E-state index contributed by atoms with van der Waals surface area (Å²) in [5.41, 5.74) is 0.483. The summed E-state index contributed by atoms with van der Waals surface area (Å²) >= 11 is 0. The summed E-state index contributed by atoms with van der Waals surface area (Å²) in [7, 11) is 0. The molecule has 0 radical (unpaired) electrons. The average Bonchev–Trinajstić information content (AvgIpc) is 2.31. The molecule has 0 aliphatic heterocycles. The minimum Gasteiger partial charge on any atom is -0.396 e. The molecule has 0 saturated carbocycles. The Morgan fingerprint density at radius 2 is 1.72 bits per heavy atom. The fourth-order valence-electron chi connectivity index (χ4n) is 1.95. The maximum Gasteiger partial charge on any atom is 0.0443 e. The molecule has 0 aromatic heterocycles. The molecule has 1 unspecified atom stereocenters. The highest BCUT2D eigenvalue weighted by Crippen LogP contribution is 2.22. The van der Waals surface area contributed by atoms with E-state index in [0.29, 0.717) is 12.0 Å². The lowest BCUT2D eigenvalue weighted by molar-refractivity contribution is 0.141. The first-order valence-electron chi connectivity index (χ1n) is 7.34. The number of aliphatic hydroxyl groups excluding tert-OH is 1. The lowest BCUT2D eigenvalue weighted by Crippen LogP contribution is -2.47. The van der Waals surface area contributed by atoms with Crippen LogP contribution in [0.5, 0.6) is 0 Å². The molecule has 2 N–H and O–H groups in total. The summed E-state index contributed by atoms with van der Waals surface area (Å²) in [5.74, 6) is 0. The Kier molecular flexibility index (Phi) is 8.08.